The number of hydrogen-bond donors (Lipinski definition) is 0. The summed E-state index contributed by atoms with van der Waals surface area (Å²) in [5.74, 6) is 1.16. The maximum atomic E-state index is 13.5. The van der Waals surface area contributed by atoms with E-state index >= 15 is 0 Å². The van der Waals surface area contributed by atoms with Crippen molar-refractivity contribution in [3.8, 4) is 11.5 Å². The number of para-hydroxylation sites is 3. The third-order valence-electron chi connectivity index (χ3n) is 5.52. The Labute approximate surface area is 185 Å². The summed E-state index contributed by atoms with van der Waals surface area (Å²) in [4.78, 5) is 22.4. The standard InChI is InChI=1S/C23H25N3O4S/c27-22(20-16-29-18-7-2-3-8-19(18)30-20)26(11-5-10-25-12-14-28-15-13-25)23-24-17-6-1-4-9-21(17)31-23/h1-4,6-9,20H,5,10-16H2. The first-order valence-electron chi connectivity index (χ1n) is 10.6. The number of nitrogens with zero attached hydrogens (tertiary/aromatic N) is 3. The molecule has 3 aromatic rings. The Kier molecular flexibility index (Phi) is 6.01. The maximum Gasteiger partial charge on any atom is 0.273 e. The largest absolute Gasteiger partial charge is 0.485 e. The molecule has 1 aromatic heterocycles. The van der Waals surface area contributed by atoms with Gasteiger partial charge in [-0.05, 0) is 30.7 Å². The molecule has 7 nitrogen and oxygen atoms in total. The Morgan fingerprint density at radius 3 is 2.71 bits per heavy atom. The topological polar surface area (TPSA) is 64.1 Å². The lowest BCUT2D eigenvalue weighted by Crippen LogP contribution is -2.47. The van der Waals surface area contributed by atoms with E-state index in [0.717, 1.165) is 49.5 Å². The van der Waals surface area contributed by atoms with E-state index in [9.17, 15) is 4.79 Å². The summed E-state index contributed by atoms with van der Waals surface area (Å²) in [5, 5.41) is 0.704. The van der Waals surface area contributed by atoms with Crippen LogP contribution in [-0.2, 0) is 9.53 Å². The van der Waals surface area contributed by atoms with E-state index in [1.165, 1.54) is 11.3 Å². The van der Waals surface area contributed by atoms with Gasteiger partial charge in [0.2, 0.25) is 6.10 Å². The third-order valence-corrected chi connectivity index (χ3v) is 6.58. The van der Waals surface area contributed by atoms with Gasteiger partial charge in [0.1, 0.15) is 6.61 Å². The molecule has 8 heteroatoms. The molecule has 0 aliphatic carbocycles. The third kappa shape index (κ3) is 4.51. The van der Waals surface area contributed by atoms with Gasteiger partial charge in [-0.25, -0.2) is 4.98 Å². The minimum atomic E-state index is -0.690. The van der Waals surface area contributed by atoms with E-state index in [-0.39, 0.29) is 12.5 Å². The van der Waals surface area contributed by atoms with Crippen LogP contribution in [0.25, 0.3) is 10.2 Å². The molecule has 0 N–H and O–H groups in total. The number of amides is 1. The van der Waals surface area contributed by atoms with Crippen LogP contribution in [0.4, 0.5) is 5.13 Å². The fraction of sp³-hybridized carbons (Fsp3) is 0.391. The summed E-state index contributed by atoms with van der Waals surface area (Å²) in [7, 11) is 0. The minimum Gasteiger partial charge on any atom is -0.485 e. The number of aromatic nitrogens is 1. The molecule has 1 unspecified atom stereocenters. The van der Waals surface area contributed by atoms with Gasteiger partial charge in [0, 0.05) is 26.2 Å². The van der Waals surface area contributed by atoms with Crippen LogP contribution in [0.15, 0.2) is 48.5 Å². The fourth-order valence-corrected chi connectivity index (χ4v) is 4.86. The van der Waals surface area contributed by atoms with Crippen molar-refractivity contribution in [3.63, 3.8) is 0 Å². The molecule has 1 atom stereocenters. The summed E-state index contributed by atoms with van der Waals surface area (Å²) < 4.78 is 18.3. The van der Waals surface area contributed by atoms with E-state index in [1.807, 2.05) is 48.5 Å². The highest BCUT2D eigenvalue weighted by Gasteiger charge is 2.33. The molecule has 1 amide bonds. The second-order valence-corrected chi connectivity index (χ2v) is 8.63. The van der Waals surface area contributed by atoms with Crippen LogP contribution in [0.2, 0.25) is 0 Å². The number of morpholine rings is 1. The van der Waals surface area contributed by atoms with Crippen molar-refractivity contribution >= 4 is 32.6 Å². The average molecular weight is 440 g/mol. The minimum absolute atomic E-state index is 0.115. The van der Waals surface area contributed by atoms with Gasteiger partial charge in [0.15, 0.2) is 16.6 Å². The second-order valence-electron chi connectivity index (χ2n) is 7.63. The zero-order valence-corrected chi connectivity index (χ0v) is 18.1. The van der Waals surface area contributed by atoms with Gasteiger partial charge >= 0.3 is 0 Å². The fourth-order valence-electron chi connectivity index (χ4n) is 3.87. The number of benzene rings is 2. The van der Waals surface area contributed by atoms with Crippen molar-refractivity contribution < 1.29 is 19.0 Å². The number of thiazole rings is 1. The number of rotatable bonds is 6. The molecule has 1 fully saturated rings. The molecule has 0 spiro atoms. The summed E-state index contributed by atoms with van der Waals surface area (Å²) >= 11 is 1.53. The molecule has 2 aliphatic heterocycles. The van der Waals surface area contributed by atoms with Crippen LogP contribution in [0.1, 0.15) is 6.42 Å². The van der Waals surface area contributed by atoms with Crippen molar-refractivity contribution in [2.75, 3.05) is 50.9 Å². The molecular formula is C23H25N3O4S. The van der Waals surface area contributed by atoms with Crippen LogP contribution in [0.3, 0.4) is 0 Å². The molecule has 2 aromatic carbocycles. The van der Waals surface area contributed by atoms with E-state index in [4.69, 9.17) is 19.2 Å². The van der Waals surface area contributed by atoms with Gasteiger partial charge in [-0.1, -0.05) is 35.6 Å². The summed E-state index contributed by atoms with van der Waals surface area (Å²) in [5.41, 5.74) is 0.902. The first kappa shape index (κ1) is 20.2. The van der Waals surface area contributed by atoms with Crippen molar-refractivity contribution in [1.82, 2.24) is 9.88 Å². The summed E-state index contributed by atoms with van der Waals surface area (Å²) in [6.07, 6.45) is 0.163. The van der Waals surface area contributed by atoms with Crippen molar-refractivity contribution in [1.29, 1.82) is 0 Å². The van der Waals surface area contributed by atoms with Gasteiger partial charge in [-0.15, -0.1) is 0 Å². The Balaban J connectivity index is 1.34. The highest BCUT2D eigenvalue weighted by molar-refractivity contribution is 7.22. The Morgan fingerprint density at radius 2 is 1.87 bits per heavy atom. The van der Waals surface area contributed by atoms with Gasteiger partial charge in [0.25, 0.3) is 5.91 Å². The summed E-state index contributed by atoms with van der Waals surface area (Å²) in [6, 6.07) is 15.4. The number of hydrogen-bond acceptors (Lipinski definition) is 7. The zero-order valence-electron chi connectivity index (χ0n) is 17.2. The predicted molar refractivity (Wildman–Crippen MR) is 120 cm³/mol. The van der Waals surface area contributed by atoms with Crippen LogP contribution >= 0.6 is 11.3 Å². The monoisotopic (exact) mass is 439 g/mol. The lowest BCUT2D eigenvalue weighted by atomic mass is 10.2. The molecule has 162 valence electrons. The first-order chi connectivity index (χ1) is 15.3. The molecule has 3 heterocycles. The predicted octanol–water partition coefficient (Wildman–Crippen LogP) is 3.19. The van der Waals surface area contributed by atoms with Crippen molar-refractivity contribution in [2.45, 2.75) is 12.5 Å². The number of carbonyl (C=O) groups excluding carboxylic acids is 1. The molecule has 0 radical (unpaired) electrons. The van der Waals surface area contributed by atoms with Crippen LogP contribution < -0.4 is 14.4 Å². The van der Waals surface area contributed by atoms with Gasteiger partial charge < -0.3 is 14.2 Å². The van der Waals surface area contributed by atoms with Crippen LogP contribution in [0.5, 0.6) is 11.5 Å². The number of carbonyl (C=O) groups is 1. The molecule has 0 saturated carbocycles. The average Bonchev–Trinajstić information content (AvgIpc) is 3.26. The van der Waals surface area contributed by atoms with Gasteiger partial charge in [-0.2, -0.15) is 0 Å². The van der Waals surface area contributed by atoms with E-state index in [2.05, 4.69) is 4.90 Å². The van der Waals surface area contributed by atoms with Crippen LogP contribution in [0, 0.1) is 0 Å². The maximum absolute atomic E-state index is 13.5. The SMILES string of the molecule is O=C(C1COc2ccccc2O1)N(CCCN1CCOCC1)c1nc2ccccc2s1. The smallest absolute Gasteiger partial charge is 0.273 e. The molecule has 31 heavy (non-hydrogen) atoms. The Hall–Kier alpha value is -2.68. The van der Waals surface area contributed by atoms with E-state index in [1.54, 1.807) is 4.90 Å². The quantitative estimate of drug-likeness (QED) is 0.588. The second kappa shape index (κ2) is 9.21. The van der Waals surface area contributed by atoms with Crippen LogP contribution in [-0.4, -0.2) is 67.9 Å². The molecule has 1 saturated heterocycles. The van der Waals surface area contributed by atoms with Gasteiger partial charge in [0.05, 0.1) is 23.4 Å². The highest BCUT2D eigenvalue weighted by Crippen LogP contribution is 2.33. The molecule has 0 bridgehead atoms. The van der Waals surface area contributed by atoms with E-state index < -0.39 is 6.10 Å². The molecule has 2 aliphatic rings. The normalized spacial score (nSPS) is 18.8. The summed E-state index contributed by atoms with van der Waals surface area (Å²) in [6.45, 7) is 5.11. The first-order valence-corrected chi connectivity index (χ1v) is 11.4. The highest BCUT2D eigenvalue weighted by atomic mass is 32.1. The van der Waals surface area contributed by atoms with Crippen molar-refractivity contribution in [2.24, 2.45) is 0 Å². The zero-order chi connectivity index (χ0) is 21.0. The number of fused-ring (bicyclic) bond motifs is 2. The lowest BCUT2D eigenvalue weighted by molar-refractivity contribution is -0.127. The van der Waals surface area contributed by atoms with E-state index in [0.29, 0.717) is 23.2 Å². The van der Waals surface area contributed by atoms with Crippen molar-refractivity contribution in [3.05, 3.63) is 48.5 Å². The number of ether oxygens (including phenoxy) is 3. The molecular weight excluding hydrogens is 414 g/mol. The Morgan fingerprint density at radius 1 is 1.10 bits per heavy atom. The molecule has 5 rings (SSSR count). The number of anilines is 1. The Bertz CT molecular complexity index is 1020. The van der Waals surface area contributed by atoms with Gasteiger partial charge in [-0.3, -0.25) is 14.6 Å². The lowest BCUT2D eigenvalue weighted by Gasteiger charge is -2.31.